The first kappa shape index (κ1) is 21.9. The molecule has 0 heterocycles. The van der Waals surface area contributed by atoms with Gasteiger partial charge in [-0.3, -0.25) is 9.59 Å². The molecule has 0 bridgehead atoms. The molecule has 0 saturated heterocycles. The molecule has 2 N–H and O–H groups in total. The molecule has 0 rings (SSSR count). The molecule has 2 amide bonds. The Morgan fingerprint density at radius 1 is 0.583 bits per heavy atom. The first-order chi connectivity index (χ1) is 11.7. The van der Waals surface area contributed by atoms with Crippen molar-refractivity contribution in [1.29, 1.82) is 10.5 Å². The van der Waals surface area contributed by atoms with Crippen LogP contribution in [0.4, 0.5) is 0 Å². The third-order valence-electron chi connectivity index (χ3n) is 3.73. The van der Waals surface area contributed by atoms with Gasteiger partial charge in [0.15, 0.2) is 0 Å². The van der Waals surface area contributed by atoms with E-state index in [1.807, 2.05) is 12.1 Å². The lowest BCUT2D eigenvalue weighted by atomic mass is 10.1. The van der Waals surface area contributed by atoms with E-state index in [-0.39, 0.29) is 24.7 Å². The van der Waals surface area contributed by atoms with Crippen LogP contribution in [-0.4, -0.2) is 24.9 Å². The van der Waals surface area contributed by atoms with E-state index >= 15 is 0 Å². The van der Waals surface area contributed by atoms with E-state index in [4.69, 9.17) is 10.5 Å². The summed E-state index contributed by atoms with van der Waals surface area (Å²) in [7, 11) is 0. The number of carbonyl (C=O) groups excluding carboxylic acids is 2. The molecule has 0 radical (unpaired) electrons. The highest BCUT2D eigenvalue weighted by Gasteiger charge is 1.99. The van der Waals surface area contributed by atoms with E-state index in [9.17, 15) is 9.59 Å². The number of carbonyl (C=O) groups is 2. The first-order valence-electron chi connectivity index (χ1n) is 8.98. The van der Waals surface area contributed by atoms with E-state index in [0.29, 0.717) is 13.1 Å². The topological polar surface area (TPSA) is 106 Å². The van der Waals surface area contributed by atoms with Gasteiger partial charge in [0.05, 0.1) is 12.1 Å². The lowest BCUT2D eigenvalue weighted by molar-refractivity contribution is -0.120. The minimum atomic E-state index is -0.179. The first-order valence-corrected chi connectivity index (χ1v) is 8.98. The maximum absolute atomic E-state index is 11.0. The predicted molar refractivity (Wildman–Crippen MR) is 92.6 cm³/mol. The number of hydrogen-bond donors (Lipinski definition) is 2. The Kier molecular flexibility index (Phi) is 15.8. The summed E-state index contributed by atoms with van der Waals surface area (Å²) in [6.45, 7) is 1.34. The van der Waals surface area contributed by atoms with Gasteiger partial charge >= 0.3 is 0 Å². The van der Waals surface area contributed by atoms with Gasteiger partial charge in [-0.1, -0.05) is 51.4 Å². The number of amides is 2. The highest BCUT2D eigenvalue weighted by atomic mass is 16.2. The second-order valence-corrected chi connectivity index (χ2v) is 5.91. The summed E-state index contributed by atoms with van der Waals surface area (Å²) >= 11 is 0. The Morgan fingerprint density at radius 2 is 0.875 bits per heavy atom. The third-order valence-corrected chi connectivity index (χ3v) is 3.73. The maximum atomic E-state index is 11.0. The minimum Gasteiger partial charge on any atom is -0.355 e. The fourth-order valence-electron chi connectivity index (χ4n) is 2.39. The Hall–Kier alpha value is -2.08. The van der Waals surface area contributed by atoms with Crippen LogP contribution in [0.2, 0.25) is 0 Å². The lowest BCUT2D eigenvalue weighted by Crippen LogP contribution is -2.23. The van der Waals surface area contributed by atoms with E-state index in [0.717, 1.165) is 25.7 Å². The van der Waals surface area contributed by atoms with Gasteiger partial charge in [-0.05, 0) is 12.8 Å². The quantitative estimate of drug-likeness (QED) is 0.449. The molecule has 0 saturated carbocycles. The van der Waals surface area contributed by atoms with E-state index < -0.39 is 0 Å². The van der Waals surface area contributed by atoms with Crippen LogP contribution in [0.25, 0.3) is 0 Å². The van der Waals surface area contributed by atoms with E-state index in [2.05, 4.69) is 10.6 Å². The second-order valence-electron chi connectivity index (χ2n) is 5.91. The fraction of sp³-hybridized carbons (Fsp3) is 0.778. The van der Waals surface area contributed by atoms with Crippen LogP contribution in [0.5, 0.6) is 0 Å². The molecule has 0 spiro atoms. The number of unbranched alkanes of at least 4 members (excludes halogenated alkanes) is 9. The summed E-state index contributed by atoms with van der Waals surface area (Å²) in [5.74, 6) is -0.357. The highest BCUT2D eigenvalue weighted by molar-refractivity contribution is 5.78. The van der Waals surface area contributed by atoms with Crippen molar-refractivity contribution in [3.05, 3.63) is 0 Å². The van der Waals surface area contributed by atoms with Gasteiger partial charge in [-0.15, -0.1) is 0 Å². The maximum Gasteiger partial charge on any atom is 0.234 e. The van der Waals surface area contributed by atoms with E-state index in [1.54, 1.807) is 0 Å². The average molecular weight is 334 g/mol. The molecule has 0 unspecified atom stereocenters. The molecular formula is C18H30N4O2. The van der Waals surface area contributed by atoms with Crippen LogP contribution in [0.15, 0.2) is 0 Å². The molecule has 6 nitrogen and oxygen atoms in total. The zero-order valence-corrected chi connectivity index (χ0v) is 14.6. The summed E-state index contributed by atoms with van der Waals surface area (Å²) in [4.78, 5) is 22.1. The van der Waals surface area contributed by atoms with Crippen molar-refractivity contribution in [3.63, 3.8) is 0 Å². The average Bonchev–Trinajstić information content (AvgIpc) is 2.55. The van der Waals surface area contributed by atoms with Gasteiger partial charge < -0.3 is 10.6 Å². The normalized spacial score (nSPS) is 9.75. The molecule has 0 fully saturated rings. The van der Waals surface area contributed by atoms with Crippen LogP contribution < -0.4 is 10.6 Å². The third kappa shape index (κ3) is 16.3. The fourth-order valence-corrected chi connectivity index (χ4v) is 2.39. The number of nitrogens with zero attached hydrogens (tertiary/aromatic N) is 2. The molecule has 134 valence electrons. The van der Waals surface area contributed by atoms with Crippen LogP contribution in [0.1, 0.15) is 77.0 Å². The van der Waals surface area contributed by atoms with E-state index in [1.165, 1.54) is 38.5 Å². The van der Waals surface area contributed by atoms with Crippen molar-refractivity contribution in [3.8, 4) is 12.1 Å². The van der Waals surface area contributed by atoms with Crippen LogP contribution in [-0.2, 0) is 9.59 Å². The Bertz CT molecular complexity index is 384. The van der Waals surface area contributed by atoms with Gasteiger partial charge in [0.1, 0.15) is 12.8 Å². The molecule has 0 aliphatic rings. The molecule has 0 aromatic heterocycles. The molecule has 0 aliphatic heterocycles. The number of nitrogens with one attached hydrogen (secondary N) is 2. The summed E-state index contributed by atoms with van der Waals surface area (Å²) in [6, 6.07) is 3.66. The smallest absolute Gasteiger partial charge is 0.234 e. The molecule has 0 aromatic rings. The SMILES string of the molecule is N#CCC(=O)NCCCCCCCCCCCCNC(=O)CC#N. The Morgan fingerprint density at radius 3 is 1.17 bits per heavy atom. The van der Waals surface area contributed by atoms with Crippen molar-refractivity contribution in [2.24, 2.45) is 0 Å². The number of nitriles is 2. The number of hydrogen-bond acceptors (Lipinski definition) is 4. The predicted octanol–water partition coefficient (Wildman–Crippen LogP) is 2.95. The van der Waals surface area contributed by atoms with Crippen LogP contribution in [0.3, 0.4) is 0 Å². The number of rotatable bonds is 15. The van der Waals surface area contributed by atoms with Gasteiger partial charge in [0, 0.05) is 13.1 Å². The van der Waals surface area contributed by atoms with Crippen molar-refractivity contribution in [1.82, 2.24) is 10.6 Å². The molecular weight excluding hydrogens is 304 g/mol. The minimum absolute atomic E-state index is 0.0494. The van der Waals surface area contributed by atoms with Crippen molar-refractivity contribution in [2.45, 2.75) is 77.0 Å². The lowest BCUT2D eigenvalue weighted by Gasteiger charge is -2.04. The molecule has 6 heteroatoms. The van der Waals surface area contributed by atoms with Crippen molar-refractivity contribution < 1.29 is 9.59 Å². The molecule has 0 atom stereocenters. The zero-order chi connectivity index (χ0) is 17.9. The summed E-state index contributed by atoms with van der Waals surface area (Å²) < 4.78 is 0. The Labute approximate surface area is 145 Å². The largest absolute Gasteiger partial charge is 0.355 e. The van der Waals surface area contributed by atoms with Crippen molar-refractivity contribution >= 4 is 11.8 Å². The summed E-state index contributed by atoms with van der Waals surface area (Å²) in [6.07, 6.45) is 11.5. The Balaban J connectivity index is 3.13. The standard InChI is InChI=1S/C18H30N4O2/c19-13-11-17(23)21-15-9-7-5-3-1-2-4-6-8-10-16-22-18(24)12-14-20/h1-12,15-16H2,(H,21,23)(H,22,24). The monoisotopic (exact) mass is 334 g/mol. The van der Waals surface area contributed by atoms with Gasteiger partial charge in [-0.2, -0.15) is 10.5 Å². The summed E-state index contributed by atoms with van der Waals surface area (Å²) in [5.41, 5.74) is 0. The van der Waals surface area contributed by atoms with Crippen LogP contribution >= 0.6 is 0 Å². The zero-order valence-electron chi connectivity index (χ0n) is 14.6. The summed E-state index contributed by atoms with van der Waals surface area (Å²) in [5, 5.41) is 22.1. The van der Waals surface area contributed by atoms with Crippen LogP contribution in [0, 0.1) is 22.7 Å². The molecule has 0 aromatic carbocycles. The highest BCUT2D eigenvalue weighted by Crippen LogP contribution is 2.10. The second kappa shape index (κ2) is 17.3. The van der Waals surface area contributed by atoms with Crippen molar-refractivity contribution in [2.75, 3.05) is 13.1 Å². The van der Waals surface area contributed by atoms with Gasteiger partial charge in [0.25, 0.3) is 0 Å². The molecule has 0 aliphatic carbocycles. The molecule has 24 heavy (non-hydrogen) atoms. The van der Waals surface area contributed by atoms with Gasteiger partial charge in [0.2, 0.25) is 11.8 Å². The van der Waals surface area contributed by atoms with Gasteiger partial charge in [-0.25, -0.2) is 0 Å².